The van der Waals surface area contributed by atoms with E-state index < -0.39 is 0 Å². The molecule has 0 amide bonds. The Balaban J connectivity index is 2.35. The number of halogens is 2. The standard InChI is InChI=1S/C10H9BrINS2/c1-5-7(3-8(11)15-5)10(13)6-2-9(12)14-4-6/h2-4,10H,13H2,1H3. The average molecular weight is 414 g/mol. The minimum absolute atomic E-state index is 0.00677. The van der Waals surface area contributed by atoms with E-state index in [1.807, 2.05) is 0 Å². The fourth-order valence-electron chi connectivity index (χ4n) is 1.43. The monoisotopic (exact) mass is 413 g/mol. The zero-order valence-electron chi connectivity index (χ0n) is 7.96. The SMILES string of the molecule is Cc1sc(Br)cc1C(N)c1csc(I)c1. The number of hydrogen-bond acceptors (Lipinski definition) is 3. The molecule has 1 unspecified atom stereocenters. The lowest BCUT2D eigenvalue weighted by Crippen LogP contribution is -2.10. The first-order chi connectivity index (χ1) is 7.08. The highest BCUT2D eigenvalue weighted by atomic mass is 127. The molecule has 2 rings (SSSR count). The van der Waals surface area contributed by atoms with Crippen LogP contribution in [0.2, 0.25) is 0 Å². The van der Waals surface area contributed by atoms with Crippen molar-refractivity contribution in [2.24, 2.45) is 5.73 Å². The van der Waals surface area contributed by atoms with E-state index in [1.165, 1.54) is 18.9 Å². The van der Waals surface area contributed by atoms with Crippen LogP contribution in [-0.2, 0) is 0 Å². The quantitative estimate of drug-likeness (QED) is 0.719. The summed E-state index contributed by atoms with van der Waals surface area (Å²) >= 11 is 9.29. The van der Waals surface area contributed by atoms with Crippen molar-refractivity contribution >= 4 is 61.2 Å². The van der Waals surface area contributed by atoms with Gasteiger partial charge in [0, 0.05) is 4.88 Å². The normalized spacial score (nSPS) is 13.1. The Bertz CT molecular complexity index is 477. The molecule has 0 aliphatic carbocycles. The smallest absolute Gasteiger partial charge is 0.0704 e. The molecular formula is C10H9BrINS2. The molecule has 0 aromatic carbocycles. The van der Waals surface area contributed by atoms with Crippen LogP contribution in [0, 0.1) is 9.81 Å². The molecule has 15 heavy (non-hydrogen) atoms. The van der Waals surface area contributed by atoms with Crippen LogP contribution in [0.15, 0.2) is 21.3 Å². The molecule has 0 fully saturated rings. The average Bonchev–Trinajstić information content (AvgIpc) is 2.71. The topological polar surface area (TPSA) is 26.0 Å². The van der Waals surface area contributed by atoms with Gasteiger partial charge in [0.05, 0.1) is 12.7 Å². The first-order valence-electron chi connectivity index (χ1n) is 4.33. The number of aryl methyl sites for hydroxylation is 1. The summed E-state index contributed by atoms with van der Waals surface area (Å²) in [7, 11) is 0. The van der Waals surface area contributed by atoms with Gasteiger partial charge in [-0.3, -0.25) is 0 Å². The third-order valence-electron chi connectivity index (χ3n) is 2.21. The van der Waals surface area contributed by atoms with Crippen molar-refractivity contribution in [1.29, 1.82) is 0 Å². The van der Waals surface area contributed by atoms with Gasteiger partial charge in [-0.15, -0.1) is 22.7 Å². The molecule has 2 aromatic heterocycles. The number of thiophene rings is 2. The van der Waals surface area contributed by atoms with Crippen molar-refractivity contribution in [3.63, 3.8) is 0 Å². The third kappa shape index (κ3) is 2.63. The fourth-order valence-corrected chi connectivity index (χ4v) is 4.60. The molecular weight excluding hydrogens is 405 g/mol. The fraction of sp³-hybridized carbons (Fsp3) is 0.200. The summed E-state index contributed by atoms with van der Waals surface area (Å²) in [5.74, 6) is 0. The predicted molar refractivity (Wildman–Crippen MR) is 79.8 cm³/mol. The summed E-state index contributed by atoms with van der Waals surface area (Å²) in [6, 6.07) is 4.28. The van der Waals surface area contributed by atoms with Gasteiger partial charge in [0.25, 0.3) is 0 Å². The van der Waals surface area contributed by atoms with E-state index in [4.69, 9.17) is 5.73 Å². The van der Waals surface area contributed by atoms with Crippen LogP contribution in [0.1, 0.15) is 22.0 Å². The van der Waals surface area contributed by atoms with Gasteiger partial charge in [-0.25, -0.2) is 0 Å². The highest BCUT2D eigenvalue weighted by Crippen LogP contribution is 2.33. The summed E-state index contributed by atoms with van der Waals surface area (Å²) < 4.78 is 2.43. The molecule has 0 bridgehead atoms. The van der Waals surface area contributed by atoms with Gasteiger partial charge >= 0.3 is 0 Å². The summed E-state index contributed by atoms with van der Waals surface area (Å²) in [4.78, 5) is 1.29. The highest BCUT2D eigenvalue weighted by molar-refractivity contribution is 14.1. The van der Waals surface area contributed by atoms with E-state index in [0.717, 1.165) is 3.79 Å². The summed E-state index contributed by atoms with van der Waals surface area (Å²) in [6.07, 6.45) is 0. The summed E-state index contributed by atoms with van der Waals surface area (Å²) in [6.45, 7) is 2.11. The van der Waals surface area contributed by atoms with Crippen LogP contribution in [0.3, 0.4) is 0 Å². The minimum Gasteiger partial charge on any atom is -0.320 e. The third-order valence-corrected chi connectivity index (χ3v) is 5.58. The van der Waals surface area contributed by atoms with Crippen molar-refractivity contribution in [1.82, 2.24) is 0 Å². The van der Waals surface area contributed by atoms with Crippen molar-refractivity contribution < 1.29 is 0 Å². The Morgan fingerprint density at radius 1 is 1.47 bits per heavy atom. The van der Waals surface area contributed by atoms with Gasteiger partial charge in [0.15, 0.2) is 0 Å². The van der Waals surface area contributed by atoms with Crippen molar-refractivity contribution in [2.75, 3.05) is 0 Å². The molecule has 2 N–H and O–H groups in total. The molecule has 5 heteroatoms. The van der Waals surface area contributed by atoms with E-state index in [-0.39, 0.29) is 6.04 Å². The molecule has 1 atom stereocenters. The number of hydrogen-bond donors (Lipinski definition) is 1. The van der Waals surface area contributed by atoms with E-state index in [0.29, 0.717) is 0 Å². The molecule has 0 spiro atoms. The van der Waals surface area contributed by atoms with Crippen molar-refractivity contribution in [2.45, 2.75) is 13.0 Å². The number of rotatable bonds is 2. The zero-order chi connectivity index (χ0) is 11.0. The second-order valence-electron chi connectivity index (χ2n) is 3.22. The Morgan fingerprint density at radius 2 is 2.20 bits per heavy atom. The second-order valence-corrected chi connectivity index (χ2v) is 8.66. The van der Waals surface area contributed by atoms with Crippen molar-refractivity contribution in [3.8, 4) is 0 Å². The lowest BCUT2D eigenvalue weighted by molar-refractivity contribution is 0.874. The number of nitrogens with two attached hydrogens (primary N) is 1. The van der Waals surface area contributed by atoms with Crippen molar-refractivity contribution in [3.05, 3.63) is 40.2 Å². The van der Waals surface area contributed by atoms with E-state index >= 15 is 0 Å². The summed E-state index contributed by atoms with van der Waals surface area (Å²) in [5.41, 5.74) is 8.66. The Labute approximate surface area is 119 Å². The van der Waals surface area contributed by atoms with Gasteiger partial charge < -0.3 is 5.73 Å². The van der Waals surface area contributed by atoms with Gasteiger partial charge in [0.1, 0.15) is 0 Å². The molecule has 0 saturated heterocycles. The maximum absolute atomic E-state index is 6.23. The van der Waals surface area contributed by atoms with E-state index in [9.17, 15) is 0 Å². The van der Waals surface area contributed by atoms with Gasteiger partial charge in [-0.05, 0) is 74.1 Å². The van der Waals surface area contributed by atoms with Crippen LogP contribution < -0.4 is 5.73 Å². The zero-order valence-corrected chi connectivity index (χ0v) is 13.3. The van der Waals surface area contributed by atoms with Crippen LogP contribution in [0.5, 0.6) is 0 Å². The molecule has 0 aliphatic rings. The predicted octanol–water partition coefficient (Wildman–Crippen LogP) is 4.53. The molecule has 0 aliphatic heterocycles. The van der Waals surface area contributed by atoms with Gasteiger partial charge in [-0.1, -0.05) is 0 Å². The molecule has 0 radical (unpaired) electrons. The molecule has 1 nitrogen and oxygen atoms in total. The lowest BCUT2D eigenvalue weighted by Gasteiger charge is -2.08. The first kappa shape index (κ1) is 12.0. The highest BCUT2D eigenvalue weighted by Gasteiger charge is 2.15. The summed E-state index contributed by atoms with van der Waals surface area (Å²) in [5, 5.41) is 2.14. The minimum atomic E-state index is 0.00677. The van der Waals surface area contributed by atoms with Crippen LogP contribution in [-0.4, -0.2) is 0 Å². The van der Waals surface area contributed by atoms with E-state index in [2.05, 4.69) is 63.0 Å². The second kappa shape index (κ2) is 4.83. The van der Waals surface area contributed by atoms with Crippen LogP contribution in [0.4, 0.5) is 0 Å². The maximum atomic E-state index is 6.23. The van der Waals surface area contributed by atoms with Crippen LogP contribution in [0.25, 0.3) is 0 Å². The Hall–Kier alpha value is 0.570. The molecule has 0 saturated carbocycles. The maximum Gasteiger partial charge on any atom is 0.0704 e. The Kier molecular flexibility index (Phi) is 3.88. The van der Waals surface area contributed by atoms with Gasteiger partial charge in [0.2, 0.25) is 0 Å². The Morgan fingerprint density at radius 3 is 2.67 bits per heavy atom. The largest absolute Gasteiger partial charge is 0.320 e. The van der Waals surface area contributed by atoms with E-state index in [1.54, 1.807) is 22.7 Å². The lowest BCUT2D eigenvalue weighted by atomic mass is 10.0. The molecule has 2 heterocycles. The van der Waals surface area contributed by atoms with Crippen LogP contribution >= 0.6 is 61.2 Å². The van der Waals surface area contributed by atoms with Gasteiger partial charge in [-0.2, -0.15) is 0 Å². The molecule has 80 valence electrons. The molecule has 2 aromatic rings. The first-order valence-corrected chi connectivity index (χ1v) is 7.90.